The number of hydrogen-bond acceptors (Lipinski definition) is 2. The van der Waals surface area contributed by atoms with Crippen molar-refractivity contribution in [1.82, 2.24) is 10.2 Å². The van der Waals surface area contributed by atoms with Crippen molar-refractivity contribution in [1.29, 1.82) is 0 Å². The van der Waals surface area contributed by atoms with Gasteiger partial charge in [0, 0.05) is 31.7 Å². The molecule has 0 unspecified atom stereocenters. The molecule has 2 nitrogen and oxygen atoms in total. The first kappa shape index (κ1) is 12.0. The molecule has 3 rings (SSSR count). The Morgan fingerprint density at radius 2 is 1.76 bits per heavy atom. The lowest BCUT2D eigenvalue weighted by molar-refractivity contribution is 0.0346. The van der Waals surface area contributed by atoms with E-state index in [2.05, 4.69) is 17.1 Å². The Bertz CT molecular complexity index is 259. The molecule has 0 aromatic heterocycles. The second-order valence-corrected chi connectivity index (χ2v) is 7.14. The van der Waals surface area contributed by atoms with Crippen molar-refractivity contribution < 1.29 is 0 Å². The number of hydrogen-bond donors (Lipinski definition) is 1. The lowest BCUT2D eigenvalue weighted by Crippen LogP contribution is -2.62. The molecule has 1 aliphatic heterocycles. The maximum Gasteiger partial charge on any atom is 0.0309 e. The summed E-state index contributed by atoms with van der Waals surface area (Å²) in [5.74, 6) is 0. The fourth-order valence-electron chi connectivity index (χ4n) is 4.22. The summed E-state index contributed by atoms with van der Waals surface area (Å²) >= 11 is 0. The Morgan fingerprint density at radius 1 is 1.00 bits per heavy atom. The van der Waals surface area contributed by atoms with E-state index in [0.29, 0.717) is 11.0 Å². The number of nitrogens with one attached hydrogen (secondary N) is 1. The van der Waals surface area contributed by atoms with Gasteiger partial charge in [-0.25, -0.2) is 0 Å². The van der Waals surface area contributed by atoms with Crippen LogP contribution in [0.3, 0.4) is 0 Å². The van der Waals surface area contributed by atoms with Gasteiger partial charge in [0.1, 0.15) is 0 Å². The van der Waals surface area contributed by atoms with Gasteiger partial charge in [0.15, 0.2) is 0 Å². The first-order valence-corrected chi connectivity index (χ1v) is 7.67. The minimum absolute atomic E-state index is 0.497. The van der Waals surface area contributed by atoms with Crippen molar-refractivity contribution in [2.45, 2.75) is 63.8 Å². The molecule has 2 saturated carbocycles. The molecule has 1 spiro atoms. The van der Waals surface area contributed by atoms with Crippen LogP contribution >= 0.6 is 0 Å². The third kappa shape index (κ3) is 2.53. The van der Waals surface area contributed by atoms with Crippen molar-refractivity contribution in [2.24, 2.45) is 5.41 Å². The van der Waals surface area contributed by atoms with Crippen molar-refractivity contribution in [3.05, 3.63) is 0 Å². The smallest absolute Gasteiger partial charge is 0.0309 e. The van der Waals surface area contributed by atoms with E-state index in [1.54, 1.807) is 0 Å². The van der Waals surface area contributed by atoms with Crippen LogP contribution in [0.2, 0.25) is 0 Å². The predicted octanol–water partition coefficient (Wildman–Crippen LogP) is 2.78. The summed E-state index contributed by atoms with van der Waals surface area (Å²) in [5.41, 5.74) is 1.16. The van der Waals surface area contributed by atoms with Crippen LogP contribution in [0.25, 0.3) is 0 Å². The topological polar surface area (TPSA) is 15.3 Å². The van der Waals surface area contributed by atoms with Gasteiger partial charge in [-0.1, -0.05) is 32.6 Å². The van der Waals surface area contributed by atoms with Gasteiger partial charge in [-0.15, -0.1) is 0 Å². The molecule has 3 aliphatic rings. The number of rotatable bonds is 2. The standard InChI is InChI=1S/C15H28N2/c1-14(6-5-7-14)12-17-11-10-16-15(13-17)8-3-2-4-9-15/h16H,2-13H2,1H3. The summed E-state index contributed by atoms with van der Waals surface area (Å²) in [6.07, 6.45) is 11.6. The van der Waals surface area contributed by atoms with Gasteiger partial charge in [-0.05, 0) is 31.1 Å². The summed E-state index contributed by atoms with van der Waals surface area (Å²) in [7, 11) is 0. The highest BCUT2D eigenvalue weighted by Crippen LogP contribution is 2.41. The fourth-order valence-corrected chi connectivity index (χ4v) is 4.22. The van der Waals surface area contributed by atoms with E-state index in [4.69, 9.17) is 0 Å². The fraction of sp³-hybridized carbons (Fsp3) is 1.00. The Morgan fingerprint density at radius 3 is 2.41 bits per heavy atom. The molecule has 0 amide bonds. The lowest BCUT2D eigenvalue weighted by Gasteiger charge is -2.50. The average molecular weight is 236 g/mol. The van der Waals surface area contributed by atoms with Gasteiger partial charge in [0.2, 0.25) is 0 Å². The van der Waals surface area contributed by atoms with Crippen molar-refractivity contribution in [3.63, 3.8) is 0 Å². The second kappa shape index (κ2) is 4.55. The Labute approximate surface area is 106 Å². The average Bonchev–Trinajstić information content (AvgIpc) is 2.28. The van der Waals surface area contributed by atoms with Crippen molar-refractivity contribution >= 4 is 0 Å². The van der Waals surface area contributed by atoms with E-state index in [9.17, 15) is 0 Å². The lowest BCUT2D eigenvalue weighted by atomic mass is 9.69. The van der Waals surface area contributed by atoms with Crippen molar-refractivity contribution in [3.8, 4) is 0 Å². The van der Waals surface area contributed by atoms with Crippen LogP contribution in [0, 0.1) is 5.41 Å². The molecule has 1 heterocycles. The molecule has 0 atom stereocenters. The normalized spacial score (nSPS) is 32.3. The molecule has 2 heteroatoms. The molecule has 0 aromatic rings. The zero-order chi connectivity index (χ0) is 11.8. The Hall–Kier alpha value is -0.0800. The second-order valence-electron chi connectivity index (χ2n) is 7.14. The maximum absolute atomic E-state index is 3.84. The molecule has 0 aromatic carbocycles. The minimum Gasteiger partial charge on any atom is -0.309 e. The van der Waals surface area contributed by atoms with Gasteiger partial charge < -0.3 is 5.32 Å². The van der Waals surface area contributed by atoms with Crippen LogP contribution in [0.1, 0.15) is 58.3 Å². The van der Waals surface area contributed by atoms with Crippen LogP contribution in [-0.4, -0.2) is 36.6 Å². The van der Waals surface area contributed by atoms with E-state index in [0.717, 1.165) is 0 Å². The Kier molecular flexibility index (Phi) is 3.20. The SMILES string of the molecule is CC1(CN2CCNC3(CCCCC3)C2)CCC1. The third-order valence-corrected chi connectivity index (χ3v) is 5.43. The highest BCUT2D eigenvalue weighted by atomic mass is 15.2. The maximum atomic E-state index is 3.84. The van der Waals surface area contributed by atoms with Crippen LogP contribution < -0.4 is 5.32 Å². The zero-order valence-corrected chi connectivity index (χ0v) is 11.4. The zero-order valence-electron chi connectivity index (χ0n) is 11.4. The highest BCUT2D eigenvalue weighted by Gasteiger charge is 2.39. The van der Waals surface area contributed by atoms with Gasteiger partial charge in [0.05, 0.1) is 0 Å². The van der Waals surface area contributed by atoms with Crippen LogP contribution in [0.4, 0.5) is 0 Å². The van der Waals surface area contributed by atoms with E-state index in [-0.39, 0.29) is 0 Å². The molecular formula is C15H28N2. The van der Waals surface area contributed by atoms with E-state index in [1.165, 1.54) is 77.5 Å². The minimum atomic E-state index is 0.497. The molecule has 17 heavy (non-hydrogen) atoms. The molecule has 0 radical (unpaired) electrons. The molecule has 2 aliphatic carbocycles. The van der Waals surface area contributed by atoms with Gasteiger partial charge in [-0.3, -0.25) is 4.90 Å². The third-order valence-electron chi connectivity index (χ3n) is 5.43. The van der Waals surface area contributed by atoms with E-state index < -0.39 is 0 Å². The summed E-state index contributed by atoms with van der Waals surface area (Å²) in [6, 6.07) is 0. The van der Waals surface area contributed by atoms with Gasteiger partial charge in [0.25, 0.3) is 0 Å². The van der Waals surface area contributed by atoms with E-state index >= 15 is 0 Å². The summed E-state index contributed by atoms with van der Waals surface area (Å²) in [6.45, 7) is 7.67. The monoisotopic (exact) mass is 236 g/mol. The Balaban J connectivity index is 1.59. The van der Waals surface area contributed by atoms with Crippen LogP contribution in [-0.2, 0) is 0 Å². The van der Waals surface area contributed by atoms with Gasteiger partial charge >= 0.3 is 0 Å². The summed E-state index contributed by atoms with van der Waals surface area (Å²) < 4.78 is 0. The first-order chi connectivity index (χ1) is 8.20. The van der Waals surface area contributed by atoms with Crippen molar-refractivity contribution in [2.75, 3.05) is 26.2 Å². The molecule has 0 bridgehead atoms. The summed E-state index contributed by atoms with van der Waals surface area (Å²) in [4.78, 5) is 2.76. The van der Waals surface area contributed by atoms with Gasteiger partial charge in [-0.2, -0.15) is 0 Å². The molecule has 1 saturated heterocycles. The first-order valence-electron chi connectivity index (χ1n) is 7.67. The van der Waals surface area contributed by atoms with Crippen LogP contribution in [0.5, 0.6) is 0 Å². The molecule has 1 N–H and O–H groups in total. The summed E-state index contributed by atoms with van der Waals surface area (Å²) in [5, 5.41) is 3.84. The van der Waals surface area contributed by atoms with Crippen LogP contribution in [0.15, 0.2) is 0 Å². The largest absolute Gasteiger partial charge is 0.309 e. The number of piperazine rings is 1. The molecular weight excluding hydrogens is 208 g/mol. The molecule has 3 fully saturated rings. The highest BCUT2D eigenvalue weighted by molar-refractivity contribution is 4.98. The quantitative estimate of drug-likeness (QED) is 0.793. The number of nitrogens with zero attached hydrogens (tertiary/aromatic N) is 1. The molecule has 98 valence electrons. The predicted molar refractivity (Wildman–Crippen MR) is 72.2 cm³/mol. The van der Waals surface area contributed by atoms with E-state index in [1.807, 2.05) is 0 Å².